The number of hydrogen-bond acceptors (Lipinski definition) is 5. The summed E-state index contributed by atoms with van der Waals surface area (Å²) in [5.41, 5.74) is 0.897. The maximum atomic E-state index is 10.4. The van der Waals surface area contributed by atoms with E-state index >= 15 is 0 Å². The monoisotopic (exact) mass is 306 g/mol. The first-order valence-electron chi connectivity index (χ1n) is 8.08. The van der Waals surface area contributed by atoms with Gasteiger partial charge >= 0.3 is 0 Å². The Morgan fingerprint density at radius 3 is 2.32 bits per heavy atom. The topological polar surface area (TPSA) is 45.2 Å². The number of aromatic hydroxyl groups is 1. The lowest BCUT2D eigenvalue weighted by Crippen LogP contribution is -2.46. The van der Waals surface area contributed by atoms with Gasteiger partial charge in [0.05, 0.1) is 14.2 Å². The van der Waals surface area contributed by atoms with Gasteiger partial charge in [0.15, 0.2) is 11.5 Å². The molecule has 0 radical (unpaired) electrons. The van der Waals surface area contributed by atoms with Crippen molar-refractivity contribution in [1.82, 2.24) is 9.80 Å². The normalized spacial score (nSPS) is 20.1. The average Bonchev–Trinajstić information content (AvgIpc) is 3.35. The van der Waals surface area contributed by atoms with Crippen molar-refractivity contribution in [3.05, 3.63) is 17.7 Å². The highest BCUT2D eigenvalue weighted by Gasteiger charge is 2.26. The van der Waals surface area contributed by atoms with Crippen LogP contribution in [0.1, 0.15) is 18.4 Å². The van der Waals surface area contributed by atoms with Gasteiger partial charge in [-0.15, -0.1) is 0 Å². The van der Waals surface area contributed by atoms with Gasteiger partial charge in [-0.1, -0.05) is 6.07 Å². The van der Waals surface area contributed by atoms with Crippen molar-refractivity contribution >= 4 is 0 Å². The average molecular weight is 306 g/mol. The molecule has 0 spiro atoms. The van der Waals surface area contributed by atoms with E-state index in [0.29, 0.717) is 11.5 Å². The molecule has 2 aliphatic rings. The van der Waals surface area contributed by atoms with Crippen molar-refractivity contribution in [1.29, 1.82) is 0 Å². The van der Waals surface area contributed by atoms with Crippen LogP contribution >= 0.6 is 0 Å². The predicted octanol–water partition coefficient (Wildman–Crippen LogP) is 1.94. The third kappa shape index (κ3) is 3.47. The van der Waals surface area contributed by atoms with E-state index in [1.807, 2.05) is 12.1 Å². The van der Waals surface area contributed by atoms with Gasteiger partial charge < -0.3 is 19.5 Å². The third-order valence-corrected chi connectivity index (χ3v) is 4.68. The second-order valence-corrected chi connectivity index (χ2v) is 6.33. The van der Waals surface area contributed by atoms with Crippen molar-refractivity contribution in [3.8, 4) is 17.2 Å². The fourth-order valence-electron chi connectivity index (χ4n) is 3.12. The molecule has 5 heteroatoms. The number of ether oxygens (including phenoxy) is 2. The smallest absolute Gasteiger partial charge is 0.203 e. The molecule has 0 amide bonds. The van der Waals surface area contributed by atoms with Crippen molar-refractivity contribution in [2.75, 3.05) is 46.9 Å². The van der Waals surface area contributed by atoms with Crippen molar-refractivity contribution in [2.45, 2.75) is 19.4 Å². The number of rotatable bonds is 6. The lowest BCUT2D eigenvalue weighted by Gasteiger charge is -2.35. The molecule has 5 nitrogen and oxygen atoms in total. The van der Waals surface area contributed by atoms with Crippen LogP contribution in [0.2, 0.25) is 0 Å². The minimum Gasteiger partial charge on any atom is -0.504 e. The highest BCUT2D eigenvalue weighted by Crippen LogP contribution is 2.39. The van der Waals surface area contributed by atoms with Crippen LogP contribution in [0, 0.1) is 5.92 Å². The molecule has 0 bridgehead atoms. The second kappa shape index (κ2) is 6.75. The van der Waals surface area contributed by atoms with E-state index in [1.54, 1.807) is 14.2 Å². The zero-order valence-electron chi connectivity index (χ0n) is 13.5. The number of hydrogen-bond donors (Lipinski definition) is 1. The van der Waals surface area contributed by atoms with Crippen LogP contribution in [-0.4, -0.2) is 61.8 Å². The molecular weight excluding hydrogens is 280 g/mol. The number of methoxy groups -OCH3 is 2. The van der Waals surface area contributed by atoms with E-state index in [2.05, 4.69) is 9.80 Å². The zero-order chi connectivity index (χ0) is 15.5. The summed E-state index contributed by atoms with van der Waals surface area (Å²) in [5.74, 6) is 2.15. The summed E-state index contributed by atoms with van der Waals surface area (Å²) >= 11 is 0. The maximum Gasteiger partial charge on any atom is 0.203 e. The van der Waals surface area contributed by atoms with E-state index in [4.69, 9.17) is 9.47 Å². The SMILES string of the molecule is COc1ccc(CN2CCN(CC3CC3)CC2)c(O)c1OC. The second-order valence-electron chi connectivity index (χ2n) is 6.33. The molecule has 2 fully saturated rings. The summed E-state index contributed by atoms with van der Waals surface area (Å²) < 4.78 is 10.5. The Bertz CT molecular complexity index is 509. The summed E-state index contributed by atoms with van der Waals surface area (Å²) in [4.78, 5) is 4.97. The molecular formula is C17H26N2O3. The molecule has 22 heavy (non-hydrogen) atoms. The first kappa shape index (κ1) is 15.4. The van der Waals surface area contributed by atoms with Gasteiger partial charge in [0.1, 0.15) is 0 Å². The highest BCUT2D eigenvalue weighted by molar-refractivity contribution is 5.54. The largest absolute Gasteiger partial charge is 0.504 e. The van der Waals surface area contributed by atoms with Crippen molar-refractivity contribution < 1.29 is 14.6 Å². The van der Waals surface area contributed by atoms with E-state index in [0.717, 1.165) is 44.2 Å². The summed E-state index contributed by atoms with van der Waals surface area (Å²) in [6, 6.07) is 3.78. The fourth-order valence-corrected chi connectivity index (χ4v) is 3.12. The number of piperazine rings is 1. The van der Waals surface area contributed by atoms with Crippen molar-refractivity contribution in [3.63, 3.8) is 0 Å². The van der Waals surface area contributed by atoms with Gasteiger partial charge in [-0.25, -0.2) is 0 Å². The van der Waals surface area contributed by atoms with Crippen LogP contribution in [0.3, 0.4) is 0 Å². The first-order valence-corrected chi connectivity index (χ1v) is 8.08. The van der Waals surface area contributed by atoms with Gasteiger partial charge in [-0.2, -0.15) is 0 Å². The molecule has 1 saturated heterocycles. The fraction of sp³-hybridized carbons (Fsp3) is 0.647. The van der Waals surface area contributed by atoms with E-state index in [1.165, 1.54) is 19.4 Å². The maximum absolute atomic E-state index is 10.4. The minimum absolute atomic E-state index is 0.197. The molecule has 1 aromatic rings. The van der Waals surface area contributed by atoms with E-state index < -0.39 is 0 Å². The molecule has 1 aliphatic heterocycles. The predicted molar refractivity (Wildman–Crippen MR) is 85.7 cm³/mol. The lowest BCUT2D eigenvalue weighted by molar-refractivity contribution is 0.122. The summed E-state index contributed by atoms with van der Waals surface area (Å²) in [6.45, 7) is 6.40. The van der Waals surface area contributed by atoms with Crippen LogP contribution in [0.5, 0.6) is 17.2 Å². The van der Waals surface area contributed by atoms with Gasteiger partial charge in [0.2, 0.25) is 5.75 Å². The van der Waals surface area contributed by atoms with Gasteiger partial charge in [0, 0.05) is 44.8 Å². The lowest BCUT2D eigenvalue weighted by atomic mass is 10.1. The minimum atomic E-state index is 0.197. The Labute approximate surface area is 132 Å². The first-order chi connectivity index (χ1) is 10.7. The molecule has 3 rings (SSSR count). The molecule has 1 aliphatic carbocycles. The summed E-state index contributed by atoms with van der Waals surface area (Å²) in [6.07, 6.45) is 2.83. The number of phenols is 1. The van der Waals surface area contributed by atoms with Crippen LogP contribution in [-0.2, 0) is 6.54 Å². The molecule has 1 saturated carbocycles. The van der Waals surface area contributed by atoms with Crippen LogP contribution < -0.4 is 9.47 Å². The number of phenolic OH excluding ortho intramolecular Hbond substituents is 1. The Morgan fingerprint density at radius 1 is 1.05 bits per heavy atom. The van der Waals surface area contributed by atoms with E-state index in [9.17, 15) is 5.11 Å². The molecule has 0 atom stereocenters. The van der Waals surface area contributed by atoms with Gasteiger partial charge in [0.25, 0.3) is 0 Å². The zero-order valence-corrected chi connectivity index (χ0v) is 13.5. The molecule has 1 aromatic carbocycles. The summed E-state index contributed by atoms with van der Waals surface area (Å²) in [5, 5.41) is 10.4. The Kier molecular flexibility index (Phi) is 4.74. The van der Waals surface area contributed by atoms with Crippen LogP contribution in [0.4, 0.5) is 0 Å². The van der Waals surface area contributed by atoms with Gasteiger partial charge in [-0.05, 0) is 24.8 Å². The Hall–Kier alpha value is -1.46. The quantitative estimate of drug-likeness (QED) is 0.870. The molecule has 122 valence electrons. The Balaban J connectivity index is 1.59. The highest BCUT2D eigenvalue weighted by atomic mass is 16.5. The number of nitrogens with zero attached hydrogens (tertiary/aromatic N) is 2. The third-order valence-electron chi connectivity index (χ3n) is 4.68. The van der Waals surface area contributed by atoms with Crippen molar-refractivity contribution in [2.24, 2.45) is 5.92 Å². The van der Waals surface area contributed by atoms with E-state index in [-0.39, 0.29) is 5.75 Å². The standard InChI is InChI=1S/C17H26N2O3/c1-21-15-6-5-14(16(20)17(15)22-2)12-19-9-7-18(8-10-19)11-13-3-4-13/h5-6,13,20H,3-4,7-12H2,1-2H3. The Morgan fingerprint density at radius 2 is 1.73 bits per heavy atom. The summed E-state index contributed by atoms with van der Waals surface area (Å²) in [7, 11) is 3.13. The number of benzene rings is 1. The van der Waals surface area contributed by atoms with Crippen LogP contribution in [0.15, 0.2) is 12.1 Å². The molecule has 1 heterocycles. The molecule has 1 N–H and O–H groups in total. The molecule has 0 unspecified atom stereocenters. The van der Waals surface area contributed by atoms with Gasteiger partial charge in [-0.3, -0.25) is 4.90 Å². The molecule has 0 aromatic heterocycles. The van der Waals surface area contributed by atoms with Crippen LogP contribution in [0.25, 0.3) is 0 Å².